The minimum absolute atomic E-state index is 0.0509. The van der Waals surface area contributed by atoms with Gasteiger partial charge in [-0.25, -0.2) is 14.8 Å². The summed E-state index contributed by atoms with van der Waals surface area (Å²) in [5.74, 6) is 0.147. The Kier molecular flexibility index (Phi) is 6.54. The van der Waals surface area contributed by atoms with Gasteiger partial charge in [-0.15, -0.1) is 0 Å². The van der Waals surface area contributed by atoms with E-state index in [1.807, 2.05) is 73.2 Å². The van der Waals surface area contributed by atoms with Crippen LogP contribution in [0.15, 0.2) is 47.6 Å². The van der Waals surface area contributed by atoms with E-state index in [1.165, 1.54) is 11.8 Å². The predicted octanol–water partition coefficient (Wildman–Crippen LogP) is 5.04. The van der Waals surface area contributed by atoms with Crippen LogP contribution in [0.3, 0.4) is 0 Å². The lowest BCUT2D eigenvalue weighted by molar-refractivity contribution is 0.0122. The van der Waals surface area contributed by atoms with Gasteiger partial charge in [0.1, 0.15) is 22.9 Å². The number of amides is 1. The summed E-state index contributed by atoms with van der Waals surface area (Å²) in [6.45, 7) is 6.61. The lowest BCUT2D eigenvalue weighted by atomic mass is 9.98. The van der Waals surface area contributed by atoms with Crippen molar-refractivity contribution >= 4 is 40.2 Å². The molecule has 0 aliphatic carbocycles. The van der Waals surface area contributed by atoms with Crippen LogP contribution in [0.5, 0.6) is 0 Å². The molecule has 0 N–H and O–H groups in total. The number of anilines is 1. The first kappa shape index (κ1) is 25.0. The van der Waals surface area contributed by atoms with Gasteiger partial charge in [0.05, 0.1) is 12.1 Å². The minimum Gasteiger partial charge on any atom is -0.444 e. The fraction of sp³-hybridized carbons (Fsp3) is 0.393. The van der Waals surface area contributed by atoms with Gasteiger partial charge in [-0.05, 0) is 50.6 Å². The van der Waals surface area contributed by atoms with Crippen LogP contribution in [0.25, 0.3) is 10.8 Å². The van der Waals surface area contributed by atoms with Crippen molar-refractivity contribution in [2.24, 2.45) is 0 Å². The van der Waals surface area contributed by atoms with Crippen LogP contribution in [0.2, 0.25) is 0 Å². The highest BCUT2D eigenvalue weighted by molar-refractivity contribution is 7.98. The van der Waals surface area contributed by atoms with E-state index in [0.717, 1.165) is 23.6 Å². The molecule has 0 spiro atoms. The molecule has 2 aliphatic heterocycles. The molecule has 5 rings (SSSR count). The highest BCUT2D eigenvalue weighted by atomic mass is 32.2. The van der Waals surface area contributed by atoms with E-state index in [1.54, 1.807) is 6.07 Å². The van der Waals surface area contributed by atoms with Crippen LogP contribution in [-0.2, 0) is 4.74 Å². The number of piperazine rings is 1. The van der Waals surface area contributed by atoms with E-state index in [-0.39, 0.29) is 35.2 Å². The van der Waals surface area contributed by atoms with Crippen molar-refractivity contribution < 1.29 is 14.3 Å². The first-order chi connectivity index (χ1) is 17.7. The lowest BCUT2D eigenvalue weighted by Gasteiger charge is -2.42. The second-order valence-electron chi connectivity index (χ2n) is 10.4. The van der Waals surface area contributed by atoms with Crippen molar-refractivity contribution in [2.75, 3.05) is 24.2 Å². The SMILES string of the molecule is CSc1nc(C(=O)c2cccc3ccccc23)c(C#N)c(N2C[C@H]3CC[C@@H](C2)N3C(=O)OC(C)(C)C)n1. The average Bonchev–Trinajstić information content (AvgIpc) is 3.15. The molecule has 2 aliphatic rings. The van der Waals surface area contributed by atoms with E-state index in [9.17, 15) is 14.9 Å². The predicted molar refractivity (Wildman–Crippen MR) is 143 cm³/mol. The first-order valence-electron chi connectivity index (χ1n) is 12.3. The van der Waals surface area contributed by atoms with Gasteiger partial charge in [-0.1, -0.05) is 54.2 Å². The molecular weight excluding hydrogens is 486 g/mol. The number of ether oxygens (including phenoxy) is 1. The Labute approximate surface area is 220 Å². The number of nitrogens with zero attached hydrogens (tertiary/aromatic N) is 5. The zero-order chi connectivity index (χ0) is 26.3. The number of thioether (sulfide) groups is 1. The number of nitriles is 1. The Hall–Kier alpha value is -3.64. The van der Waals surface area contributed by atoms with Crippen LogP contribution in [0, 0.1) is 11.3 Å². The quantitative estimate of drug-likeness (QED) is 0.271. The Balaban J connectivity index is 1.52. The third-order valence-corrected chi connectivity index (χ3v) is 7.35. The third-order valence-electron chi connectivity index (χ3n) is 6.80. The number of hydrogen-bond acceptors (Lipinski definition) is 8. The van der Waals surface area contributed by atoms with Crippen molar-refractivity contribution in [3.63, 3.8) is 0 Å². The molecule has 0 saturated carbocycles. The van der Waals surface area contributed by atoms with Crippen molar-refractivity contribution in [3.8, 4) is 6.07 Å². The second kappa shape index (κ2) is 9.67. The van der Waals surface area contributed by atoms with Gasteiger partial charge >= 0.3 is 6.09 Å². The van der Waals surface area contributed by atoms with Gasteiger partial charge < -0.3 is 9.64 Å². The molecule has 2 atom stereocenters. The summed E-state index contributed by atoms with van der Waals surface area (Å²) in [7, 11) is 0. The van der Waals surface area contributed by atoms with Gasteiger partial charge in [-0.2, -0.15) is 5.26 Å². The van der Waals surface area contributed by atoms with Crippen molar-refractivity contribution in [2.45, 2.75) is 56.5 Å². The van der Waals surface area contributed by atoms with E-state index in [4.69, 9.17) is 4.74 Å². The number of fused-ring (bicyclic) bond motifs is 3. The second-order valence-corrected chi connectivity index (χ2v) is 11.2. The smallest absolute Gasteiger partial charge is 0.410 e. The summed E-state index contributed by atoms with van der Waals surface area (Å²) in [5.41, 5.74) is 0.204. The Bertz CT molecular complexity index is 1410. The highest BCUT2D eigenvalue weighted by Crippen LogP contribution is 2.36. The maximum Gasteiger partial charge on any atom is 0.410 e. The number of hydrogen-bond donors (Lipinski definition) is 0. The number of rotatable bonds is 4. The summed E-state index contributed by atoms with van der Waals surface area (Å²) < 4.78 is 5.66. The molecule has 2 saturated heterocycles. The van der Waals surface area contributed by atoms with Gasteiger partial charge in [0.2, 0.25) is 5.78 Å². The van der Waals surface area contributed by atoms with Gasteiger partial charge in [0.25, 0.3) is 0 Å². The van der Waals surface area contributed by atoms with E-state index >= 15 is 0 Å². The lowest BCUT2D eigenvalue weighted by Crippen LogP contribution is -2.57. The van der Waals surface area contributed by atoms with Crippen LogP contribution >= 0.6 is 11.8 Å². The largest absolute Gasteiger partial charge is 0.444 e. The van der Waals surface area contributed by atoms with Gasteiger partial charge in [-0.3, -0.25) is 9.69 Å². The number of aromatic nitrogens is 2. The Morgan fingerprint density at radius 2 is 1.73 bits per heavy atom. The van der Waals surface area contributed by atoms with Gasteiger partial charge in [0.15, 0.2) is 11.0 Å². The molecule has 0 radical (unpaired) electrons. The Morgan fingerprint density at radius 1 is 1.05 bits per heavy atom. The van der Waals surface area contributed by atoms with Crippen LogP contribution in [-0.4, -0.2) is 63.8 Å². The summed E-state index contributed by atoms with van der Waals surface area (Å²) in [4.78, 5) is 39.8. The topological polar surface area (TPSA) is 99.4 Å². The maximum atomic E-state index is 13.8. The average molecular weight is 516 g/mol. The molecule has 2 bridgehead atoms. The summed E-state index contributed by atoms with van der Waals surface area (Å²) >= 11 is 1.33. The van der Waals surface area contributed by atoms with Crippen molar-refractivity contribution in [3.05, 3.63) is 59.3 Å². The zero-order valence-corrected chi connectivity index (χ0v) is 22.2. The molecule has 2 fully saturated rings. The number of carbonyl (C=O) groups is 2. The molecule has 0 unspecified atom stereocenters. The molecule has 9 heteroatoms. The van der Waals surface area contributed by atoms with Crippen LogP contribution < -0.4 is 4.90 Å². The third kappa shape index (κ3) is 4.74. The normalized spacial score (nSPS) is 19.1. The molecule has 190 valence electrons. The summed E-state index contributed by atoms with van der Waals surface area (Å²) in [5, 5.41) is 12.4. The molecule has 8 nitrogen and oxygen atoms in total. The van der Waals surface area contributed by atoms with Gasteiger partial charge in [0, 0.05) is 18.7 Å². The summed E-state index contributed by atoms with van der Waals surface area (Å²) in [6, 6.07) is 15.4. The minimum atomic E-state index is -0.571. The van der Waals surface area contributed by atoms with Crippen molar-refractivity contribution in [1.82, 2.24) is 14.9 Å². The molecule has 3 aromatic rings. The maximum absolute atomic E-state index is 13.8. The highest BCUT2D eigenvalue weighted by Gasteiger charge is 2.45. The van der Waals surface area contributed by atoms with Crippen molar-refractivity contribution in [1.29, 1.82) is 5.26 Å². The van der Waals surface area contributed by atoms with Crippen LogP contribution in [0.1, 0.15) is 55.2 Å². The summed E-state index contributed by atoms with van der Waals surface area (Å²) in [6.07, 6.45) is 3.25. The molecule has 1 aromatic heterocycles. The zero-order valence-electron chi connectivity index (χ0n) is 21.4. The molecule has 3 heterocycles. The fourth-order valence-corrected chi connectivity index (χ4v) is 5.62. The number of carbonyl (C=O) groups excluding carboxylic acids is 2. The Morgan fingerprint density at radius 3 is 2.38 bits per heavy atom. The van der Waals surface area contributed by atoms with E-state index in [0.29, 0.717) is 29.6 Å². The first-order valence-corrected chi connectivity index (χ1v) is 13.6. The fourth-order valence-electron chi connectivity index (χ4n) is 5.26. The monoisotopic (exact) mass is 515 g/mol. The number of ketones is 1. The standard InChI is InChI=1S/C28H29N5O3S/c1-28(2,3)36-27(35)33-18-12-13-19(33)16-32(15-18)25-22(14-29)23(30-26(31-25)37-4)24(34)21-11-7-9-17-8-5-6-10-20(17)21/h5-11,18-19H,12-13,15-16H2,1-4H3/t18-,19+. The molecule has 37 heavy (non-hydrogen) atoms. The molecule has 1 amide bonds. The number of benzene rings is 2. The van der Waals surface area contributed by atoms with Crippen LogP contribution in [0.4, 0.5) is 10.6 Å². The van der Waals surface area contributed by atoms with E-state index < -0.39 is 5.60 Å². The van der Waals surface area contributed by atoms with E-state index in [2.05, 4.69) is 16.0 Å². The molecule has 2 aromatic carbocycles. The molecular formula is C28H29N5O3S.